The maximum absolute atomic E-state index is 12.5. The number of hydrogen-bond donors (Lipinski definition) is 4. The van der Waals surface area contributed by atoms with E-state index < -0.39 is 18.5 Å². The van der Waals surface area contributed by atoms with Crippen LogP contribution in [0.5, 0.6) is 0 Å². The maximum Gasteiger partial charge on any atom is 0.323 e. The van der Waals surface area contributed by atoms with Gasteiger partial charge in [-0.3, -0.25) is 9.59 Å². The summed E-state index contributed by atoms with van der Waals surface area (Å²) in [4.78, 5) is 39.2. The summed E-state index contributed by atoms with van der Waals surface area (Å²) < 4.78 is 0. The lowest BCUT2D eigenvalue weighted by molar-refractivity contribution is -0.135. The number of nitrogens with one attached hydrogen (secondary N) is 2. The molecule has 0 heterocycles. The van der Waals surface area contributed by atoms with Crippen molar-refractivity contribution in [1.29, 1.82) is 0 Å². The highest BCUT2D eigenvalue weighted by atomic mass is 16.4. The maximum atomic E-state index is 12.5. The average Bonchev–Trinajstić information content (AvgIpc) is 2.73. The number of carbonyl (C=O) groups is 3. The van der Waals surface area contributed by atoms with Crippen molar-refractivity contribution in [3.8, 4) is 0 Å². The van der Waals surface area contributed by atoms with Gasteiger partial charge in [0.1, 0.15) is 6.54 Å². The summed E-state index contributed by atoms with van der Waals surface area (Å²) in [5, 5.41) is 14.0. The molecule has 0 saturated carbocycles. The standard InChI is InChI=1S/C22H29N5O4/c1-26(2)12-5-13-27(22(31)24-14-20(28)29)15-16-8-10-17(11-9-16)21(30)25-19-7-4-3-6-18(19)23/h3-4,6-11H,5,12-15,23H2,1-2H3,(H,24,31)(H,25,30)(H,28,29). The molecule has 0 unspecified atom stereocenters. The largest absolute Gasteiger partial charge is 0.480 e. The number of rotatable bonds is 10. The molecule has 0 saturated heterocycles. The number of nitrogens with zero attached hydrogens (tertiary/aromatic N) is 2. The summed E-state index contributed by atoms with van der Waals surface area (Å²) in [6.45, 7) is 1.13. The normalized spacial score (nSPS) is 10.5. The minimum absolute atomic E-state index is 0.286. The summed E-state index contributed by atoms with van der Waals surface area (Å²) in [5.41, 5.74) is 8.16. The van der Waals surface area contributed by atoms with E-state index in [0.717, 1.165) is 18.5 Å². The second-order valence-corrected chi connectivity index (χ2v) is 7.37. The van der Waals surface area contributed by atoms with E-state index in [1.807, 2.05) is 19.0 Å². The van der Waals surface area contributed by atoms with E-state index in [0.29, 0.717) is 30.0 Å². The number of carbonyl (C=O) groups excluding carboxylic acids is 2. The van der Waals surface area contributed by atoms with E-state index in [2.05, 4.69) is 10.6 Å². The number of urea groups is 1. The Hall–Kier alpha value is -3.59. The van der Waals surface area contributed by atoms with Gasteiger partial charge in [-0.15, -0.1) is 0 Å². The highest BCUT2D eigenvalue weighted by Gasteiger charge is 2.15. The number of aliphatic carboxylic acids is 1. The fourth-order valence-electron chi connectivity index (χ4n) is 2.88. The highest BCUT2D eigenvalue weighted by Crippen LogP contribution is 2.18. The van der Waals surface area contributed by atoms with E-state index >= 15 is 0 Å². The first-order valence-electron chi connectivity index (χ1n) is 9.90. The number of nitrogen functional groups attached to an aromatic ring is 1. The van der Waals surface area contributed by atoms with E-state index in [-0.39, 0.29) is 5.91 Å². The Balaban J connectivity index is 2.03. The number of amides is 3. The third-order valence-corrected chi connectivity index (χ3v) is 4.51. The van der Waals surface area contributed by atoms with Gasteiger partial charge in [-0.1, -0.05) is 24.3 Å². The Bertz CT molecular complexity index is 899. The molecular formula is C22H29N5O4. The number of carboxylic acid groups (broad SMARTS) is 1. The molecule has 0 aliphatic rings. The van der Waals surface area contributed by atoms with Gasteiger partial charge in [0, 0.05) is 18.7 Å². The first-order chi connectivity index (χ1) is 14.8. The van der Waals surface area contributed by atoms with Gasteiger partial charge in [-0.25, -0.2) is 4.79 Å². The van der Waals surface area contributed by atoms with Crippen molar-refractivity contribution in [2.24, 2.45) is 0 Å². The lowest BCUT2D eigenvalue weighted by atomic mass is 10.1. The summed E-state index contributed by atoms with van der Waals surface area (Å²) in [7, 11) is 3.89. The number of benzene rings is 2. The molecule has 9 nitrogen and oxygen atoms in total. The fraction of sp³-hybridized carbons (Fsp3) is 0.318. The Morgan fingerprint density at radius 2 is 1.68 bits per heavy atom. The van der Waals surface area contributed by atoms with E-state index in [1.165, 1.54) is 0 Å². The van der Waals surface area contributed by atoms with Crippen LogP contribution in [0.4, 0.5) is 16.2 Å². The molecular weight excluding hydrogens is 398 g/mol. The average molecular weight is 428 g/mol. The zero-order chi connectivity index (χ0) is 22.8. The van der Waals surface area contributed by atoms with Crippen LogP contribution in [0.15, 0.2) is 48.5 Å². The minimum atomic E-state index is -1.10. The van der Waals surface area contributed by atoms with Crippen molar-refractivity contribution in [2.45, 2.75) is 13.0 Å². The van der Waals surface area contributed by atoms with E-state index in [4.69, 9.17) is 10.8 Å². The smallest absolute Gasteiger partial charge is 0.323 e. The van der Waals surface area contributed by atoms with Crippen molar-refractivity contribution in [1.82, 2.24) is 15.1 Å². The lowest BCUT2D eigenvalue weighted by Gasteiger charge is -2.24. The zero-order valence-electron chi connectivity index (χ0n) is 17.8. The molecule has 0 spiro atoms. The molecule has 9 heteroatoms. The highest BCUT2D eigenvalue weighted by molar-refractivity contribution is 6.05. The molecule has 2 rings (SSSR count). The Kier molecular flexibility index (Phi) is 8.83. The molecule has 0 fully saturated rings. The van der Waals surface area contributed by atoms with Crippen LogP contribution in [0.2, 0.25) is 0 Å². The molecule has 2 aromatic rings. The lowest BCUT2D eigenvalue weighted by Crippen LogP contribution is -2.42. The quantitative estimate of drug-likeness (QED) is 0.430. The van der Waals surface area contributed by atoms with Gasteiger partial charge < -0.3 is 31.3 Å². The van der Waals surface area contributed by atoms with Crippen molar-refractivity contribution in [3.63, 3.8) is 0 Å². The topological polar surface area (TPSA) is 128 Å². The molecule has 0 bridgehead atoms. The molecule has 5 N–H and O–H groups in total. The van der Waals surface area contributed by atoms with Crippen molar-refractivity contribution < 1.29 is 19.5 Å². The van der Waals surface area contributed by atoms with Gasteiger partial charge in [0.25, 0.3) is 5.91 Å². The molecule has 0 radical (unpaired) electrons. The number of anilines is 2. The van der Waals surface area contributed by atoms with Crippen LogP contribution in [0, 0.1) is 0 Å². The van der Waals surface area contributed by atoms with Crippen molar-refractivity contribution >= 4 is 29.3 Å². The number of para-hydroxylation sites is 2. The molecule has 0 atom stereocenters. The minimum Gasteiger partial charge on any atom is -0.480 e. The molecule has 0 aromatic heterocycles. The SMILES string of the molecule is CN(C)CCCN(Cc1ccc(C(=O)Nc2ccccc2N)cc1)C(=O)NCC(=O)O. The number of carboxylic acids is 1. The van der Waals surface area contributed by atoms with Crippen LogP contribution >= 0.6 is 0 Å². The predicted octanol–water partition coefficient (Wildman–Crippen LogP) is 2.07. The first-order valence-corrected chi connectivity index (χ1v) is 9.90. The molecule has 2 aromatic carbocycles. The van der Waals surface area contributed by atoms with E-state index in [9.17, 15) is 14.4 Å². The van der Waals surface area contributed by atoms with Crippen molar-refractivity contribution in [2.75, 3.05) is 44.8 Å². The Morgan fingerprint density at radius 1 is 1.00 bits per heavy atom. The van der Waals surface area contributed by atoms with Crippen LogP contribution in [0.1, 0.15) is 22.3 Å². The third-order valence-electron chi connectivity index (χ3n) is 4.51. The Labute approximate surface area is 181 Å². The second kappa shape index (κ2) is 11.6. The van der Waals surface area contributed by atoms with Gasteiger partial charge >= 0.3 is 12.0 Å². The zero-order valence-corrected chi connectivity index (χ0v) is 17.8. The van der Waals surface area contributed by atoms with Gasteiger partial charge in [0.2, 0.25) is 0 Å². The summed E-state index contributed by atoms with van der Waals surface area (Å²) in [6, 6.07) is 13.5. The third kappa shape index (κ3) is 7.98. The van der Waals surface area contributed by atoms with E-state index in [1.54, 1.807) is 53.4 Å². The monoisotopic (exact) mass is 427 g/mol. The van der Waals surface area contributed by atoms with Gasteiger partial charge in [0.15, 0.2) is 0 Å². The van der Waals surface area contributed by atoms with Crippen molar-refractivity contribution in [3.05, 3.63) is 59.7 Å². The molecule has 3 amide bonds. The van der Waals surface area contributed by atoms with Crippen LogP contribution in [0.25, 0.3) is 0 Å². The van der Waals surface area contributed by atoms with Gasteiger partial charge in [0.05, 0.1) is 11.4 Å². The summed E-state index contributed by atoms with van der Waals surface area (Å²) in [6.07, 6.45) is 0.743. The molecule has 166 valence electrons. The number of nitrogens with two attached hydrogens (primary N) is 1. The Morgan fingerprint density at radius 3 is 2.29 bits per heavy atom. The fourth-order valence-corrected chi connectivity index (χ4v) is 2.88. The number of hydrogen-bond acceptors (Lipinski definition) is 5. The van der Waals surface area contributed by atoms with Crippen LogP contribution < -0.4 is 16.4 Å². The van der Waals surface area contributed by atoms with Crippen LogP contribution in [0.3, 0.4) is 0 Å². The van der Waals surface area contributed by atoms with Gasteiger partial charge in [-0.05, 0) is 56.9 Å². The summed E-state index contributed by atoms with van der Waals surface area (Å²) >= 11 is 0. The molecule has 31 heavy (non-hydrogen) atoms. The molecule has 0 aliphatic heterocycles. The molecule has 0 aliphatic carbocycles. The predicted molar refractivity (Wildman–Crippen MR) is 120 cm³/mol. The summed E-state index contributed by atoms with van der Waals surface area (Å²) in [5.74, 6) is -1.39. The first kappa shape index (κ1) is 23.7. The van der Waals surface area contributed by atoms with Crippen LogP contribution in [-0.2, 0) is 11.3 Å². The second-order valence-electron chi connectivity index (χ2n) is 7.37. The van der Waals surface area contributed by atoms with Gasteiger partial charge in [-0.2, -0.15) is 0 Å². The van der Waals surface area contributed by atoms with Crippen LogP contribution in [-0.4, -0.2) is 66.5 Å².